The second-order valence-corrected chi connectivity index (χ2v) is 6.32. The molecule has 2 aromatic rings. The van der Waals surface area contributed by atoms with Gasteiger partial charge < -0.3 is 10.6 Å². The molecule has 1 atom stereocenters. The number of aromatic nitrogens is 2. The molecule has 0 aliphatic carbocycles. The molecule has 0 spiro atoms. The van der Waals surface area contributed by atoms with Crippen molar-refractivity contribution in [3.05, 3.63) is 29.7 Å². The van der Waals surface area contributed by atoms with E-state index < -0.39 is 0 Å². The molecular formula is C12H16FIN4S. The highest BCUT2D eigenvalue weighted by Gasteiger charge is 2.14. The minimum Gasteiger partial charge on any atom is -0.329 e. The van der Waals surface area contributed by atoms with Crippen LogP contribution in [0.4, 0.5) is 4.39 Å². The van der Waals surface area contributed by atoms with E-state index >= 15 is 0 Å². The monoisotopic (exact) mass is 394 g/mol. The van der Waals surface area contributed by atoms with Crippen molar-refractivity contribution in [2.45, 2.75) is 12.5 Å². The first-order valence-electron chi connectivity index (χ1n) is 5.88. The van der Waals surface area contributed by atoms with Crippen molar-refractivity contribution < 1.29 is 4.39 Å². The highest BCUT2D eigenvalue weighted by atomic mass is 127. The van der Waals surface area contributed by atoms with Crippen LogP contribution in [-0.4, -0.2) is 40.8 Å². The Balaban J connectivity index is 2.36. The molecule has 104 valence electrons. The highest BCUT2D eigenvalue weighted by Crippen LogP contribution is 2.26. The van der Waals surface area contributed by atoms with Crippen LogP contribution in [0.2, 0.25) is 0 Å². The molecule has 7 heteroatoms. The number of nitrogens with two attached hydrogens (primary N) is 1. The van der Waals surface area contributed by atoms with E-state index in [1.807, 2.05) is 20.2 Å². The average molecular weight is 394 g/mol. The lowest BCUT2D eigenvalue weighted by Crippen LogP contribution is -2.36. The smallest absolute Gasteiger partial charge is 0.150 e. The van der Waals surface area contributed by atoms with Gasteiger partial charge >= 0.3 is 0 Å². The summed E-state index contributed by atoms with van der Waals surface area (Å²) in [5.41, 5.74) is 7.23. The van der Waals surface area contributed by atoms with Crippen LogP contribution in [0.1, 0.15) is 5.56 Å². The van der Waals surface area contributed by atoms with Gasteiger partial charge in [0.1, 0.15) is 5.52 Å². The van der Waals surface area contributed by atoms with Gasteiger partial charge in [-0.05, 0) is 38.2 Å². The van der Waals surface area contributed by atoms with Crippen molar-refractivity contribution in [3.8, 4) is 0 Å². The lowest BCUT2D eigenvalue weighted by atomic mass is 10.0. The zero-order valence-corrected chi connectivity index (χ0v) is 13.8. The molecule has 0 fully saturated rings. The van der Waals surface area contributed by atoms with E-state index in [1.165, 1.54) is 9.12 Å². The summed E-state index contributed by atoms with van der Waals surface area (Å²) < 4.78 is 15.7. The molecule has 1 heterocycles. The highest BCUT2D eigenvalue weighted by molar-refractivity contribution is 14.2. The van der Waals surface area contributed by atoms with Crippen molar-refractivity contribution in [2.24, 2.45) is 5.73 Å². The van der Waals surface area contributed by atoms with Crippen molar-refractivity contribution >= 4 is 41.2 Å². The Hall–Kier alpha value is -0.380. The first-order valence-corrected chi connectivity index (χ1v) is 9.20. The van der Waals surface area contributed by atoms with Gasteiger partial charge in [-0.25, -0.2) is 4.39 Å². The zero-order chi connectivity index (χ0) is 14.0. The van der Waals surface area contributed by atoms with Crippen LogP contribution in [0.25, 0.3) is 10.9 Å². The SMILES string of the molecule is CN(C)[C@H](CN)Cc1cc(F)c2c(cnn2SI)c1. The standard InChI is InChI=1S/C12H16FIN4S/c1-17(2)10(6-15)4-8-3-9-7-16-18(19-14)12(9)11(13)5-8/h3,5,7,10H,4,6,15H2,1-2H3/t10-/m0/s1. The summed E-state index contributed by atoms with van der Waals surface area (Å²) in [6.07, 6.45) is 2.43. The van der Waals surface area contributed by atoms with E-state index in [0.29, 0.717) is 12.1 Å². The topological polar surface area (TPSA) is 47.1 Å². The zero-order valence-electron chi connectivity index (χ0n) is 10.8. The van der Waals surface area contributed by atoms with E-state index in [-0.39, 0.29) is 11.9 Å². The Morgan fingerprint density at radius 2 is 2.26 bits per heavy atom. The third-order valence-electron chi connectivity index (χ3n) is 3.18. The summed E-state index contributed by atoms with van der Waals surface area (Å²) >= 11 is 2.09. The van der Waals surface area contributed by atoms with E-state index in [1.54, 1.807) is 16.4 Å². The van der Waals surface area contributed by atoms with Crippen molar-refractivity contribution in [2.75, 3.05) is 20.6 Å². The Bertz CT molecular complexity index is 572. The van der Waals surface area contributed by atoms with E-state index in [0.717, 1.165) is 17.4 Å². The lowest BCUT2D eigenvalue weighted by Gasteiger charge is -2.22. The normalized spacial score (nSPS) is 13.4. The summed E-state index contributed by atoms with van der Waals surface area (Å²) in [5, 5.41) is 4.97. The number of hydrogen-bond acceptors (Lipinski definition) is 4. The molecule has 0 aliphatic rings. The van der Waals surface area contributed by atoms with Crippen LogP contribution in [0.5, 0.6) is 0 Å². The van der Waals surface area contributed by atoms with Gasteiger partial charge in [-0.1, -0.05) is 0 Å². The largest absolute Gasteiger partial charge is 0.329 e. The number of rotatable bonds is 5. The van der Waals surface area contributed by atoms with Crippen LogP contribution in [-0.2, 0) is 6.42 Å². The second kappa shape index (κ2) is 6.38. The van der Waals surface area contributed by atoms with Gasteiger partial charge in [-0.3, -0.25) is 0 Å². The first kappa shape index (κ1) is 15.0. The third-order valence-corrected chi connectivity index (χ3v) is 4.71. The molecule has 0 saturated heterocycles. The minimum atomic E-state index is -0.233. The van der Waals surface area contributed by atoms with Gasteiger partial charge in [-0.15, -0.1) is 0 Å². The summed E-state index contributed by atoms with van der Waals surface area (Å²) in [7, 11) is 5.32. The molecular weight excluding hydrogens is 378 g/mol. The lowest BCUT2D eigenvalue weighted by molar-refractivity contribution is 0.297. The van der Waals surface area contributed by atoms with Crippen molar-refractivity contribution in [3.63, 3.8) is 0 Å². The maximum Gasteiger partial charge on any atom is 0.150 e. The third kappa shape index (κ3) is 3.21. The molecule has 19 heavy (non-hydrogen) atoms. The predicted octanol–water partition coefficient (Wildman–Crippen LogP) is 2.45. The molecule has 0 amide bonds. The van der Waals surface area contributed by atoms with E-state index in [9.17, 15) is 4.39 Å². The summed E-state index contributed by atoms with van der Waals surface area (Å²) in [6.45, 7) is 0.551. The molecule has 2 N–H and O–H groups in total. The molecule has 0 bridgehead atoms. The van der Waals surface area contributed by atoms with Crippen LogP contribution in [0.15, 0.2) is 18.3 Å². The maximum absolute atomic E-state index is 14.2. The number of nitrogens with zero attached hydrogens (tertiary/aromatic N) is 3. The Labute approximate surface area is 128 Å². The average Bonchev–Trinajstić information content (AvgIpc) is 2.79. The summed E-state index contributed by atoms with van der Waals surface area (Å²) in [4.78, 5) is 2.06. The predicted molar refractivity (Wildman–Crippen MR) is 86.9 cm³/mol. The van der Waals surface area contributed by atoms with Gasteiger partial charge in [0.2, 0.25) is 0 Å². The molecule has 1 aromatic carbocycles. The fraction of sp³-hybridized carbons (Fsp3) is 0.417. The molecule has 0 aliphatic heterocycles. The fourth-order valence-corrected chi connectivity index (χ4v) is 3.31. The molecule has 1 aromatic heterocycles. The Kier molecular flexibility index (Phi) is 5.04. The minimum absolute atomic E-state index is 0.214. The number of benzene rings is 1. The van der Waals surface area contributed by atoms with E-state index in [4.69, 9.17) is 5.73 Å². The number of likely N-dealkylation sites (N-methyl/N-ethyl adjacent to an activating group) is 1. The van der Waals surface area contributed by atoms with Gasteiger partial charge in [0.05, 0.1) is 6.20 Å². The maximum atomic E-state index is 14.2. The molecule has 0 saturated carbocycles. The van der Waals surface area contributed by atoms with Gasteiger partial charge in [0, 0.05) is 48.3 Å². The van der Waals surface area contributed by atoms with Crippen LogP contribution >= 0.6 is 30.3 Å². The Morgan fingerprint density at radius 3 is 2.84 bits per heavy atom. The van der Waals surface area contributed by atoms with Crippen molar-refractivity contribution in [1.29, 1.82) is 0 Å². The summed E-state index contributed by atoms with van der Waals surface area (Å²) in [5.74, 6) is -0.233. The number of fused-ring (bicyclic) bond motifs is 1. The van der Waals surface area contributed by atoms with Crippen LogP contribution in [0, 0.1) is 5.82 Å². The fourth-order valence-electron chi connectivity index (χ4n) is 2.07. The van der Waals surface area contributed by atoms with Gasteiger partial charge in [0.15, 0.2) is 5.82 Å². The first-order chi connectivity index (χ1) is 9.06. The molecule has 0 radical (unpaired) electrons. The van der Waals surface area contributed by atoms with Gasteiger partial charge in [0.25, 0.3) is 0 Å². The quantitative estimate of drug-likeness (QED) is 0.792. The second-order valence-electron chi connectivity index (χ2n) is 4.66. The Morgan fingerprint density at radius 1 is 1.53 bits per heavy atom. The molecule has 4 nitrogen and oxygen atoms in total. The van der Waals surface area contributed by atoms with Crippen LogP contribution < -0.4 is 5.73 Å². The van der Waals surface area contributed by atoms with Crippen LogP contribution in [0.3, 0.4) is 0 Å². The molecule has 2 rings (SSSR count). The number of hydrogen-bond donors (Lipinski definition) is 1. The molecule has 0 unspecified atom stereocenters. The van der Waals surface area contributed by atoms with Crippen molar-refractivity contribution in [1.82, 2.24) is 14.1 Å². The van der Waals surface area contributed by atoms with Gasteiger partial charge in [-0.2, -0.15) is 9.19 Å². The summed E-state index contributed by atoms with van der Waals surface area (Å²) in [6, 6.07) is 3.78. The number of halogens is 2. The van der Waals surface area contributed by atoms with E-state index in [2.05, 4.69) is 31.2 Å².